The van der Waals surface area contributed by atoms with Gasteiger partial charge in [0, 0.05) is 33.5 Å². The lowest BCUT2D eigenvalue weighted by molar-refractivity contribution is 0.632. The van der Waals surface area contributed by atoms with E-state index in [0.717, 1.165) is 56.0 Å². The average Bonchev–Trinajstić information content (AvgIpc) is 3.56. The molecule has 1 aromatic heterocycles. The molecule has 226 valence electrons. The highest BCUT2D eigenvalue weighted by Gasteiger charge is 2.21. The maximum Gasteiger partial charge on any atom is 0.143 e. The van der Waals surface area contributed by atoms with Crippen LogP contribution < -0.4 is 4.90 Å². The van der Waals surface area contributed by atoms with Gasteiger partial charge in [-0.1, -0.05) is 152 Å². The van der Waals surface area contributed by atoms with Crippen LogP contribution in [0.4, 0.5) is 17.1 Å². The molecule has 0 aliphatic carbocycles. The molecule has 0 spiro atoms. The van der Waals surface area contributed by atoms with E-state index in [1.54, 1.807) is 0 Å². The molecule has 0 saturated carbocycles. The summed E-state index contributed by atoms with van der Waals surface area (Å²) in [5, 5.41) is 6.07. The zero-order valence-electron chi connectivity index (χ0n) is 26.3. The second-order valence-corrected chi connectivity index (χ2v) is 12.1. The minimum absolute atomic E-state index is 0.866. The minimum Gasteiger partial charge on any atom is -0.455 e. The van der Waals surface area contributed by atoms with E-state index in [4.69, 9.17) is 4.42 Å². The highest BCUT2D eigenvalue weighted by Crippen LogP contribution is 2.45. The highest BCUT2D eigenvalue weighted by molar-refractivity contribution is 6.09. The summed E-state index contributed by atoms with van der Waals surface area (Å²) in [6.45, 7) is 0. The van der Waals surface area contributed by atoms with Crippen LogP contribution in [0.3, 0.4) is 0 Å². The van der Waals surface area contributed by atoms with Crippen LogP contribution in [0, 0.1) is 0 Å². The van der Waals surface area contributed by atoms with Crippen LogP contribution in [-0.2, 0) is 0 Å². The number of fused-ring (bicyclic) bond motifs is 4. The van der Waals surface area contributed by atoms with Gasteiger partial charge >= 0.3 is 0 Å². The predicted molar refractivity (Wildman–Crippen MR) is 202 cm³/mol. The fraction of sp³-hybridized carbons (Fsp3) is 0. The molecule has 0 saturated heterocycles. The van der Waals surface area contributed by atoms with Crippen LogP contribution >= 0.6 is 0 Å². The Balaban J connectivity index is 1.27. The van der Waals surface area contributed by atoms with Crippen molar-refractivity contribution in [3.05, 3.63) is 188 Å². The first-order valence-corrected chi connectivity index (χ1v) is 16.4. The van der Waals surface area contributed by atoms with Crippen molar-refractivity contribution < 1.29 is 4.42 Å². The number of furan rings is 1. The van der Waals surface area contributed by atoms with E-state index >= 15 is 0 Å². The van der Waals surface area contributed by atoms with Crippen molar-refractivity contribution in [2.45, 2.75) is 0 Å². The second kappa shape index (κ2) is 11.8. The Morgan fingerprint density at radius 1 is 0.375 bits per heavy atom. The van der Waals surface area contributed by atoms with Gasteiger partial charge in [-0.3, -0.25) is 0 Å². The number of anilines is 3. The molecule has 8 aromatic carbocycles. The lowest BCUT2D eigenvalue weighted by Crippen LogP contribution is -2.11. The highest BCUT2D eigenvalue weighted by atomic mass is 16.3. The molecule has 0 unspecified atom stereocenters. The van der Waals surface area contributed by atoms with Gasteiger partial charge in [-0.2, -0.15) is 0 Å². The summed E-state index contributed by atoms with van der Waals surface area (Å²) in [5.74, 6) is 0.866. The summed E-state index contributed by atoms with van der Waals surface area (Å²) < 4.78 is 6.66. The molecule has 2 heteroatoms. The van der Waals surface area contributed by atoms with Crippen LogP contribution in [0.2, 0.25) is 0 Å². The standard InChI is InChI=1S/C46H31NO/c1-3-14-32(15-4-1)41-22-9-11-24-43(41)47(38-28-29-40-35(30-38)27-26-33-16-7-8-21-39(33)40)37-20-13-19-36(31-37)46-45(34-17-5-2-6-18-34)42-23-10-12-25-44(42)48-46/h1-31H. The largest absolute Gasteiger partial charge is 0.455 e. The summed E-state index contributed by atoms with van der Waals surface area (Å²) in [6, 6.07) is 66.8. The van der Waals surface area contributed by atoms with Crippen LogP contribution in [0.1, 0.15) is 0 Å². The van der Waals surface area contributed by atoms with Gasteiger partial charge in [0.25, 0.3) is 0 Å². The van der Waals surface area contributed by atoms with Crippen LogP contribution in [0.5, 0.6) is 0 Å². The Kier molecular flexibility index (Phi) is 6.84. The summed E-state index contributed by atoms with van der Waals surface area (Å²) >= 11 is 0. The molecule has 0 aliphatic rings. The molecular formula is C46H31NO. The molecule has 0 atom stereocenters. The Hall–Kier alpha value is -6.38. The Morgan fingerprint density at radius 2 is 1.00 bits per heavy atom. The summed E-state index contributed by atoms with van der Waals surface area (Å²) in [4.78, 5) is 2.38. The van der Waals surface area contributed by atoms with Crippen LogP contribution in [0.15, 0.2) is 192 Å². The Labute approximate surface area is 279 Å². The second-order valence-electron chi connectivity index (χ2n) is 12.1. The van der Waals surface area contributed by atoms with E-state index in [1.807, 2.05) is 6.07 Å². The third-order valence-electron chi connectivity index (χ3n) is 9.24. The van der Waals surface area contributed by atoms with Gasteiger partial charge in [0.2, 0.25) is 0 Å². The lowest BCUT2D eigenvalue weighted by Gasteiger charge is -2.28. The van der Waals surface area contributed by atoms with Crippen molar-refractivity contribution in [2.24, 2.45) is 0 Å². The molecule has 0 amide bonds. The number of rotatable bonds is 6. The van der Waals surface area contributed by atoms with Gasteiger partial charge in [0.1, 0.15) is 11.3 Å². The first-order valence-electron chi connectivity index (χ1n) is 16.4. The Bertz CT molecular complexity index is 2560. The van der Waals surface area contributed by atoms with Crippen molar-refractivity contribution in [3.63, 3.8) is 0 Å². The van der Waals surface area contributed by atoms with E-state index in [2.05, 4.69) is 187 Å². The minimum atomic E-state index is 0.866. The number of nitrogens with zero attached hydrogens (tertiary/aromatic N) is 1. The van der Waals surface area contributed by atoms with E-state index in [1.165, 1.54) is 27.1 Å². The van der Waals surface area contributed by atoms with Crippen LogP contribution in [-0.4, -0.2) is 0 Å². The first-order chi connectivity index (χ1) is 23.8. The third kappa shape index (κ3) is 4.83. The first kappa shape index (κ1) is 27.9. The molecular weight excluding hydrogens is 583 g/mol. The van der Waals surface area contributed by atoms with E-state index in [0.29, 0.717) is 0 Å². The SMILES string of the molecule is c1ccc(-c2ccccc2N(c2cccc(-c3oc4ccccc4c3-c3ccccc3)c2)c2ccc3c(ccc4ccccc43)c2)cc1. The summed E-state index contributed by atoms with van der Waals surface area (Å²) in [7, 11) is 0. The molecule has 0 aliphatic heterocycles. The number of hydrogen-bond donors (Lipinski definition) is 0. The number of hydrogen-bond acceptors (Lipinski definition) is 2. The third-order valence-corrected chi connectivity index (χ3v) is 9.24. The smallest absolute Gasteiger partial charge is 0.143 e. The molecule has 0 fully saturated rings. The van der Waals surface area contributed by atoms with Crippen molar-refractivity contribution in [1.82, 2.24) is 0 Å². The van der Waals surface area contributed by atoms with E-state index in [9.17, 15) is 0 Å². The number of benzene rings is 8. The topological polar surface area (TPSA) is 16.4 Å². The molecule has 0 N–H and O–H groups in total. The van der Waals surface area contributed by atoms with Crippen molar-refractivity contribution in [2.75, 3.05) is 4.90 Å². The summed E-state index contributed by atoms with van der Waals surface area (Å²) in [5.41, 5.74) is 9.73. The molecule has 0 radical (unpaired) electrons. The van der Waals surface area contributed by atoms with Gasteiger partial charge in [0.15, 0.2) is 0 Å². The molecule has 9 aromatic rings. The predicted octanol–water partition coefficient (Wildman–Crippen LogP) is 13.2. The monoisotopic (exact) mass is 613 g/mol. The van der Waals surface area contributed by atoms with Crippen molar-refractivity contribution >= 4 is 49.6 Å². The van der Waals surface area contributed by atoms with E-state index < -0.39 is 0 Å². The lowest BCUT2D eigenvalue weighted by atomic mass is 9.97. The molecule has 48 heavy (non-hydrogen) atoms. The fourth-order valence-electron chi connectivity index (χ4n) is 7.02. The Morgan fingerprint density at radius 3 is 1.85 bits per heavy atom. The van der Waals surface area contributed by atoms with Gasteiger partial charge in [-0.15, -0.1) is 0 Å². The quantitative estimate of drug-likeness (QED) is 0.174. The zero-order chi connectivity index (χ0) is 31.9. The normalized spacial score (nSPS) is 11.3. The van der Waals surface area contributed by atoms with Gasteiger partial charge in [-0.25, -0.2) is 0 Å². The average molecular weight is 614 g/mol. The fourth-order valence-corrected chi connectivity index (χ4v) is 7.02. The van der Waals surface area contributed by atoms with Gasteiger partial charge in [0.05, 0.1) is 5.69 Å². The zero-order valence-corrected chi connectivity index (χ0v) is 26.3. The van der Waals surface area contributed by atoms with Crippen molar-refractivity contribution in [1.29, 1.82) is 0 Å². The van der Waals surface area contributed by atoms with Crippen molar-refractivity contribution in [3.8, 4) is 33.6 Å². The van der Waals surface area contributed by atoms with E-state index in [-0.39, 0.29) is 0 Å². The molecule has 0 bridgehead atoms. The number of para-hydroxylation sites is 2. The molecule has 9 rings (SSSR count). The molecule has 1 heterocycles. The maximum absolute atomic E-state index is 6.66. The van der Waals surface area contributed by atoms with Gasteiger partial charge in [-0.05, 0) is 69.1 Å². The van der Waals surface area contributed by atoms with Gasteiger partial charge < -0.3 is 9.32 Å². The summed E-state index contributed by atoms with van der Waals surface area (Å²) in [6.07, 6.45) is 0. The maximum atomic E-state index is 6.66. The molecule has 2 nitrogen and oxygen atoms in total. The van der Waals surface area contributed by atoms with Crippen LogP contribution in [0.25, 0.3) is 66.1 Å².